The molecular formula is C25H34N4O3. The monoisotopic (exact) mass is 438 g/mol. The van der Waals surface area contributed by atoms with Crippen LogP contribution in [0.3, 0.4) is 0 Å². The molecule has 0 aromatic heterocycles. The second kappa shape index (κ2) is 10.7. The van der Waals surface area contributed by atoms with Gasteiger partial charge in [-0.3, -0.25) is 4.99 Å². The molecule has 172 valence electrons. The van der Waals surface area contributed by atoms with E-state index in [1.165, 1.54) is 5.56 Å². The second-order valence-electron chi connectivity index (χ2n) is 8.43. The summed E-state index contributed by atoms with van der Waals surface area (Å²) in [5.41, 5.74) is 2.12. The molecule has 2 aliphatic rings. The Morgan fingerprint density at radius 3 is 2.50 bits per heavy atom. The van der Waals surface area contributed by atoms with E-state index in [9.17, 15) is 0 Å². The first-order chi connectivity index (χ1) is 15.7. The summed E-state index contributed by atoms with van der Waals surface area (Å²) in [6.45, 7) is 5.83. The summed E-state index contributed by atoms with van der Waals surface area (Å²) in [7, 11) is 1.79. The number of hydrogen-bond acceptors (Lipinski definition) is 5. The van der Waals surface area contributed by atoms with Crippen LogP contribution in [0, 0.1) is 0 Å². The van der Waals surface area contributed by atoms with E-state index in [0.717, 1.165) is 62.2 Å². The minimum atomic E-state index is -0.0736. The number of hydrogen-bond donors (Lipinski definition) is 3. The Bertz CT molecular complexity index is 897. The first-order valence-corrected chi connectivity index (χ1v) is 11.5. The molecule has 4 rings (SSSR count). The molecule has 2 aliphatic heterocycles. The molecule has 2 aromatic carbocycles. The molecule has 1 fully saturated rings. The van der Waals surface area contributed by atoms with Crippen LogP contribution in [0.1, 0.15) is 37.8 Å². The van der Waals surface area contributed by atoms with Gasteiger partial charge in [-0.15, -0.1) is 0 Å². The predicted molar refractivity (Wildman–Crippen MR) is 128 cm³/mol. The van der Waals surface area contributed by atoms with E-state index in [0.29, 0.717) is 13.2 Å². The molecule has 1 atom stereocenters. The molecule has 2 heterocycles. The summed E-state index contributed by atoms with van der Waals surface area (Å²) < 4.78 is 17.2. The van der Waals surface area contributed by atoms with Crippen LogP contribution in [0.5, 0.6) is 11.5 Å². The van der Waals surface area contributed by atoms with Gasteiger partial charge in [0.05, 0.1) is 13.2 Å². The fourth-order valence-electron chi connectivity index (χ4n) is 4.23. The van der Waals surface area contributed by atoms with Gasteiger partial charge in [-0.25, -0.2) is 0 Å². The van der Waals surface area contributed by atoms with Crippen molar-refractivity contribution >= 4 is 11.6 Å². The number of nitrogens with zero attached hydrogens (tertiary/aromatic N) is 1. The Morgan fingerprint density at radius 1 is 1.00 bits per heavy atom. The van der Waals surface area contributed by atoms with Crippen molar-refractivity contribution in [3.63, 3.8) is 0 Å². The van der Waals surface area contributed by atoms with Crippen LogP contribution in [-0.2, 0) is 4.74 Å². The molecular weight excluding hydrogens is 404 g/mol. The molecule has 1 unspecified atom stereocenters. The van der Waals surface area contributed by atoms with E-state index < -0.39 is 0 Å². The number of rotatable bonds is 6. The van der Waals surface area contributed by atoms with Gasteiger partial charge in [-0.05, 0) is 37.5 Å². The van der Waals surface area contributed by atoms with Crippen LogP contribution in [-0.4, -0.2) is 51.5 Å². The van der Waals surface area contributed by atoms with Crippen molar-refractivity contribution in [2.24, 2.45) is 4.99 Å². The number of nitrogens with one attached hydrogen (secondary N) is 3. The Labute approximate surface area is 190 Å². The third kappa shape index (κ3) is 5.72. The largest absolute Gasteiger partial charge is 0.490 e. The molecule has 1 saturated heterocycles. The standard InChI is InChI=1S/C25H34N4O3/c1-19(20-7-4-3-5-8-20)29-25(11-15-30-16-12-25)18-27-24(26-2)28-21-9-10-22-23(17-21)32-14-6-13-31-22/h3-5,7-10,17,19,29H,6,11-16,18H2,1-2H3,(H2,26,27,28). The summed E-state index contributed by atoms with van der Waals surface area (Å²) in [6.07, 6.45) is 2.78. The Balaban J connectivity index is 1.41. The van der Waals surface area contributed by atoms with Crippen molar-refractivity contribution in [3.8, 4) is 11.5 Å². The molecule has 3 N–H and O–H groups in total. The summed E-state index contributed by atoms with van der Waals surface area (Å²) in [5, 5.41) is 10.8. The van der Waals surface area contributed by atoms with Crippen LogP contribution >= 0.6 is 0 Å². The van der Waals surface area contributed by atoms with Gasteiger partial charge in [0.1, 0.15) is 0 Å². The highest BCUT2D eigenvalue weighted by Crippen LogP contribution is 2.32. The predicted octanol–water partition coefficient (Wildman–Crippen LogP) is 3.74. The van der Waals surface area contributed by atoms with Crippen LogP contribution in [0.15, 0.2) is 53.5 Å². The van der Waals surface area contributed by atoms with E-state index in [-0.39, 0.29) is 11.6 Å². The van der Waals surface area contributed by atoms with E-state index in [1.54, 1.807) is 7.05 Å². The van der Waals surface area contributed by atoms with Gasteiger partial charge in [0.25, 0.3) is 0 Å². The Kier molecular flexibility index (Phi) is 7.50. The van der Waals surface area contributed by atoms with Gasteiger partial charge in [-0.2, -0.15) is 0 Å². The molecule has 0 spiro atoms. The normalized spacial score (nSPS) is 19.0. The van der Waals surface area contributed by atoms with Gasteiger partial charge < -0.3 is 30.2 Å². The van der Waals surface area contributed by atoms with Gasteiger partial charge in [0.2, 0.25) is 0 Å². The van der Waals surface area contributed by atoms with E-state index >= 15 is 0 Å². The second-order valence-corrected chi connectivity index (χ2v) is 8.43. The maximum atomic E-state index is 5.81. The van der Waals surface area contributed by atoms with Crippen LogP contribution in [0.4, 0.5) is 5.69 Å². The molecule has 0 bridgehead atoms. The SMILES string of the molecule is CN=C(NCC1(NC(C)c2ccccc2)CCOCC1)Nc1ccc2c(c1)OCCCO2. The maximum absolute atomic E-state index is 5.81. The topological polar surface area (TPSA) is 76.1 Å². The lowest BCUT2D eigenvalue weighted by Crippen LogP contribution is -2.57. The summed E-state index contributed by atoms with van der Waals surface area (Å²) in [6, 6.07) is 16.7. The molecule has 0 aliphatic carbocycles. The molecule has 0 amide bonds. The van der Waals surface area contributed by atoms with Crippen LogP contribution in [0.25, 0.3) is 0 Å². The van der Waals surface area contributed by atoms with Crippen molar-refractivity contribution in [2.45, 2.75) is 37.8 Å². The van der Waals surface area contributed by atoms with E-state index in [1.807, 2.05) is 18.2 Å². The molecule has 0 saturated carbocycles. The minimum absolute atomic E-state index is 0.0736. The van der Waals surface area contributed by atoms with E-state index in [2.05, 4.69) is 58.2 Å². The highest BCUT2D eigenvalue weighted by Gasteiger charge is 2.34. The Morgan fingerprint density at radius 2 is 1.75 bits per heavy atom. The quantitative estimate of drug-likeness (QED) is 0.471. The highest BCUT2D eigenvalue weighted by atomic mass is 16.5. The van der Waals surface area contributed by atoms with E-state index in [4.69, 9.17) is 14.2 Å². The fraction of sp³-hybridized carbons (Fsp3) is 0.480. The zero-order valence-corrected chi connectivity index (χ0v) is 19.0. The molecule has 32 heavy (non-hydrogen) atoms. The highest BCUT2D eigenvalue weighted by molar-refractivity contribution is 5.93. The van der Waals surface area contributed by atoms with Gasteiger partial charge in [0, 0.05) is 56.6 Å². The average molecular weight is 439 g/mol. The zero-order valence-electron chi connectivity index (χ0n) is 19.0. The lowest BCUT2D eigenvalue weighted by atomic mass is 9.88. The number of benzene rings is 2. The first-order valence-electron chi connectivity index (χ1n) is 11.5. The fourth-order valence-corrected chi connectivity index (χ4v) is 4.23. The number of guanidine groups is 1. The zero-order chi connectivity index (χ0) is 22.2. The van der Waals surface area contributed by atoms with Gasteiger partial charge in [-0.1, -0.05) is 30.3 Å². The number of aliphatic imine (C=N–C) groups is 1. The number of fused-ring (bicyclic) bond motifs is 1. The third-order valence-electron chi connectivity index (χ3n) is 6.10. The van der Waals surface area contributed by atoms with Gasteiger partial charge in [0.15, 0.2) is 17.5 Å². The average Bonchev–Trinajstić information content (AvgIpc) is 3.08. The minimum Gasteiger partial charge on any atom is -0.490 e. The lowest BCUT2D eigenvalue weighted by Gasteiger charge is -2.41. The summed E-state index contributed by atoms with van der Waals surface area (Å²) in [5.74, 6) is 2.28. The van der Waals surface area contributed by atoms with Crippen molar-refractivity contribution in [1.82, 2.24) is 10.6 Å². The number of anilines is 1. The third-order valence-corrected chi connectivity index (χ3v) is 6.10. The van der Waals surface area contributed by atoms with Gasteiger partial charge >= 0.3 is 0 Å². The number of ether oxygens (including phenoxy) is 3. The lowest BCUT2D eigenvalue weighted by molar-refractivity contribution is 0.0355. The molecule has 2 aromatic rings. The maximum Gasteiger partial charge on any atom is 0.195 e. The summed E-state index contributed by atoms with van der Waals surface area (Å²) >= 11 is 0. The Hall–Kier alpha value is -2.77. The smallest absolute Gasteiger partial charge is 0.195 e. The molecule has 7 heteroatoms. The first kappa shape index (κ1) is 22.4. The van der Waals surface area contributed by atoms with Crippen molar-refractivity contribution in [2.75, 3.05) is 45.3 Å². The van der Waals surface area contributed by atoms with Crippen molar-refractivity contribution in [1.29, 1.82) is 0 Å². The molecule has 0 radical (unpaired) electrons. The van der Waals surface area contributed by atoms with Crippen LogP contribution < -0.4 is 25.4 Å². The summed E-state index contributed by atoms with van der Waals surface area (Å²) in [4.78, 5) is 4.43. The van der Waals surface area contributed by atoms with Crippen LogP contribution in [0.2, 0.25) is 0 Å². The molecule has 7 nitrogen and oxygen atoms in total. The van der Waals surface area contributed by atoms with Crippen molar-refractivity contribution < 1.29 is 14.2 Å². The van der Waals surface area contributed by atoms with Crippen molar-refractivity contribution in [3.05, 3.63) is 54.1 Å².